The molecule has 8 nitrogen and oxygen atoms in total. The number of allylic oxidation sites excluding steroid dienone is 1. The molecule has 0 spiro atoms. The number of aliphatic hydroxyl groups excluding tert-OH is 1. The molecule has 2 amide bonds. The summed E-state index contributed by atoms with van der Waals surface area (Å²) in [6.45, 7) is 5.10. The lowest BCUT2D eigenvalue weighted by atomic mass is 10.1. The van der Waals surface area contributed by atoms with Crippen LogP contribution < -0.4 is 10.6 Å². The SMILES string of the molecule is CCNC(=O)NCCCCCCCCCCCCCC=CC(=O)OCCOCCOCCO. The molecular formula is C25H48N2O6. The molecule has 0 fully saturated rings. The largest absolute Gasteiger partial charge is 0.460 e. The van der Waals surface area contributed by atoms with E-state index in [4.69, 9.17) is 19.3 Å². The van der Waals surface area contributed by atoms with Crippen molar-refractivity contribution in [2.45, 2.75) is 84.0 Å². The van der Waals surface area contributed by atoms with Gasteiger partial charge in [0.1, 0.15) is 6.61 Å². The zero-order valence-corrected chi connectivity index (χ0v) is 20.8. The summed E-state index contributed by atoms with van der Waals surface area (Å²) in [7, 11) is 0. The van der Waals surface area contributed by atoms with Crippen molar-refractivity contribution in [1.82, 2.24) is 10.6 Å². The van der Waals surface area contributed by atoms with Crippen LogP contribution in [0.5, 0.6) is 0 Å². The van der Waals surface area contributed by atoms with Crippen molar-refractivity contribution in [2.24, 2.45) is 0 Å². The molecule has 0 saturated carbocycles. The topological polar surface area (TPSA) is 106 Å². The fraction of sp³-hybridized carbons (Fsp3) is 0.840. The average molecular weight is 473 g/mol. The first-order valence-corrected chi connectivity index (χ1v) is 12.8. The number of hydrogen-bond acceptors (Lipinski definition) is 6. The van der Waals surface area contributed by atoms with Crippen LogP contribution in [0.2, 0.25) is 0 Å². The second-order valence-corrected chi connectivity index (χ2v) is 7.98. The van der Waals surface area contributed by atoms with Gasteiger partial charge in [0.15, 0.2) is 0 Å². The van der Waals surface area contributed by atoms with Crippen molar-refractivity contribution in [2.75, 3.05) is 52.7 Å². The Kier molecular flexibility index (Phi) is 25.3. The van der Waals surface area contributed by atoms with Crippen molar-refractivity contribution in [1.29, 1.82) is 0 Å². The van der Waals surface area contributed by atoms with E-state index in [1.54, 1.807) is 0 Å². The molecule has 0 atom stereocenters. The van der Waals surface area contributed by atoms with E-state index >= 15 is 0 Å². The molecule has 33 heavy (non-hydrogen) atoms. The van der Waals surface area contributed by atoms with Gasteiger partial charge in [0.25, 0.3) is 0 Å². The zero-order chi connectivity index (χ0) is 24.2. The predicted octanol–water partition coefficient (Wildman–Crippen LogP) is 4.11. The Balaban J connectivity index is 3.24. The van der Waals surface area contributed by atoms with Crippen LogP contribution in [0.3, 0.4) is 0 Å². The lowest BCUT2D eigenvalue weighted by molar-refractivity contribution is -0.139. The van der Waals surface area contributed by atoms with E-state index in [1.165, 1.54) is 63.9 Å². The highest BCUT2D eigenvalue weighted by atomic mass is 16.6. The number of nitrogens with one attached hydrogen (secondary N) is 2. The summed E-state index contributed by atoms with van der Waals surface area (Å²) in [6.07, 6.45) is 17.8. The Morgan fingerprint density at radius 1 is 0.727 bits per heavy atom. The lowest BCUT2D eigenvalue weighted by Gasteiger charge is -2.05. The van der Waals surface area contributed by atoms with Gasteiger partial charge in [0.05, 0.1) is 33.0 Å². The normalized spacial score (nSPS) is 11.1. The molecule has 0 saturated heterocycles. The van der Waals surface area contributed by atoms with Gasteiger partial charge in [-0.2, -0.15) is 0 Å². The molecule has 0 aromatic rings. The molecule has 8 heteroatoms. The van der Waals surface area contributed by atoms with E-state index in [1.807, 2.05) is 13.0 Å². The maximum atomic E-state index is 11.6. The second-order valence-electron chi connectivity index (χ2n) is 7.98. The first-order chi connectivity index (χ1) is 16.2. The number of rotatable bonds is 24. The third-order valence-corrected chi connectivity index (χ3v) is 5.00. The Morgan fingerprint density at radius 2 is 1.27 bits per heavy atom. The minimum absolute atomic E-state index is 0.00725. The van der Waals surface area contributed by atoms with E-state index in [0.29, 0.717) is 33.0 Å². The molecule has 0 unspecified atom stereocenters. The molecule has 0 aliphatic heterocycles. The first-order valence-electron chi connectivity index (χ1n) is 12.8. The van der Waals surface area contributed by atoms with Crippen LogP contribution in [0.4, 0.5) is 4.79 Å². The van der Waals surface area contributed by atoms with Gasteiger partial charge in [-0.25, -0.2) is 9.59 Å². The molecule has 0 heterocycles. The fourth-order valence-corrected chi connectivity index (χ4v) is 3.22. The number of hydrogen-bond donors (Lipinski definition) is 3. The maximum absolute atomic E-state index is 11.6. The molecule has 0 aliphatic carbocycles. The van der Waals surface area contributed by atoms with E-state index in [9.17, 15) is 9.59 Å². The predicted molar refractivity (Wildman–Crippen MR) is 131 cm³/mol. The summed E-state index contributed by atoms with van der Waals surface area (Å²) >= 11 is 0. The number of aliphatic hydroxyl groups is 1. The van der Waals surface area contributed by atoms with Crippen LogP contribution in [0, 0.1) is 0 Å². The lowest BCUT2D eigenvalue weighted by Crippen LogP contribution is -2.35. The van der Waals surface area contributed by atoms with Crippen molar-refractivity contribution in [3.63, 3.8) is 0 Å². The molecule has 0 bridgehead atoms. The molecular weight excluding hydrogens is 424 g/mol. The van der Waals surface area contributed by atoms with Crippen LogP contribution in [0.1, 0.15) is 84.0 Å². The minimum atomic E-state index is -0.326. The van der Waals surface area contributed by atoms with Crippen LogP contribution in [0.25, 0.3) is 0 Å². The third kappa shape index (κ3) is 26.5. The van der Waals surface area contributed by atoms with Crippen LogP contribution in [-0.2, 0) is 19.0 Å². The number of urea groups is 1. The van der Waals surface area contributed by atoms with Gasteiger partial charge in [-0.3, -0.25) is 0 Å². The van der Waals surface area contributed by atoms with E-state index in [-0.39, 0.29) is 25.2 Å². The fourth-order valence-electron chi connectivity index (χ4n) is 3.22. The highest BCUT2D eigenvalue weighted by Crippen LogP contribution is 2.12. The van der Waals surface area contributed by atoms with Crippen molar-refractivity contribution >= 4 is 12.0 Å². The van der Waals surface area contributed by atoms with Crippen molar-refractivity contribution in [3.8, 4) is 0 Å². The Labute approximate surface area is 200 Å². The maximum Gasteiger partial charge on any atom is 0.330 e. The first kappa shape index (κ1) is 31.4. The molecule has 0 aromatic heterocycles. The summed E-state index contributed by atoms with van der Waals surface area (Å²) in [5, 5.41) is 14.1. The van der Waals surface area contributed by atoms with Crippen molar-refractivity contribution < 1.29 is 28.9 Å². The smallest absolute Gasteiger partial charge is 0.330 e. The van der Waals surface area contributed by atoms with Crippen LogP contribution in [-0.4, -0.2) is 69.8 Å². The van der Waals surface area contributed by atoms with Gasteiger partial charge >= 0.3 is 12.0 Å². The molecule has 3 N–H and O–H groups in total. The van der Waals surface area contributed by atoms with Gasteiger partial charge in [0, 0.05) is 19.2 Å². The molecule has 0 radical (unpaired) electrons. The quantitative estimate of drug-likeness (QED) is 0.111. The number of esters is 1. The summed E-state index contributed by atoms with van der Waals surface area (Å²) in [6, 6.07) is -0.0633. The van der Waals surface area contributed by atoms with Gasteiger partial charge in [-0.15, -0.1) is 0 Å². The average Bonchev–Trinajstić information content (AvgIpc) is 2.80. The zero-order valence-electron chi connectivity index (χ0n) is 20.8. The Bertz CT molecular complexity index is 474. The highest BCUT2D eigenvalue weighted by molar-refractivity contribution is 5.81. The second kappa shape index (κ2) is 26.6. The standard InChI is InChI=1S/C25H48N2O6/c1-2-26-25(30)27-17-15-13-11-9-7-5-3-4-6-8-10-12-14-16-24(29)33-23-22-32-21-20-31-19-18-28/h14,16,28H,2-13,15,17-23H2,1H3,(H2,26,27,30). The Hall–Kier alpha value is -1.64. The Morgan fingerprint density at radius 3 is 1.88 bits per heavy atom. The molecule has 0 aromatic carbocycles. The number of ether oxygens (including phenoxy) is 3. The number of carbonyl (C=O) groups excluding carboxylic acids is 2. The molecule has 194 valence electrons. The molecule has 0 aliphatic rings. The van der Waals surface area contributed by atoms with Crippen molar-refractivity contribution in [3.05, 3.63) is 12.2 Å². The van der Waals surface area contributed by atoms with Gasteiger partial charge in [-0.05, 0) is 26.2 Å². The van der Waals surface area contributed by atoms with Crippen LogP contribution >= 0.6 is 0 Å². The number of amides is 2. The van der Waals surface area contributed by atoms with Gasteiger partial charge in [-0.1, -0.05) is 63.9 Å². The number of unbranched alkanes of at least 4 members (excludes halogenated alkanes) is 11. The summed E-state index contributed by atoms with van der Waals surface area (Å²) in [5.74, 6) is -0.326. The highest BCUT2D eigenvalue weighted by Gasteiger charge is 1.98. The molecule has 0 rings (SSSR count). The number of carbonyl (C=O) groups is 2. The summed E-state index contributed by atoms with van der Waals surface area (Å²) in [5.41, 5.74) is 0. The monoisotopic (exact) mass is 472 g/mol. The summed E-state index contributed by atoms with van der Waals surface area (Å²) < 4.78 is 15.4. The third-order valence-electron chi connectivity index (χ3n) is 5.00. The van der Waals surface area contributed by atoms with E-state index in [2.05, 4.69) is 10.6 Å². The van der Waals surface area contributed by atoms with Gasteiger partial charge < -0.3 is 30.0 Å². The minimum Gasteiger partial charge on any atom is -0.460 e. The van der Waals surface area contributed by atoms with E-state index < -0.39 is 0 Å². The van der Waals surface area contributed by atoms with Gasteiger partial charge in [0.2, 0.25) is 0 Å². The van der Waals surface area contributed by atoms with E-state index in [0.717, 1.165) is 25.8 Å². The van der Waals surface area contributed by atoms with Crippen LogP contribution in [0.15, 0.2) is 12.2 Å². The summed E-state index contributed by atoms with van der Waals surface area (Å²) in [4.78, 5) is 22.8.